The second kappa shape index (κ2) is 13.7. The Morgan fingerprint density at radius 2 is 1.89 bits per heavy atom. The molecule has 3 atom stereocenters. The lowest BCUT2D eigenvalue weighted by Gasteiger charge is -2.24. The molecular formula is C24H31N5O8S. The Morgan fingerprint density at radius 1 is 1.16 bits per heavy atom. The minimum absolute atomic E-state index is 0.108. The van der Waals surface area contributed by atoms with Gasteiger partial charge in [0.15, 0.2) is 0 Å². The maximum Gasteiger partial charge on any atom is 0.410 e. The second-order valence-electron chi connectivity index (χ2n) is 8.70. The smallest absolute Gasteiger partial charge is 0.410 e. The summed E-state index contributed by atoms with van der Waals surface area (Å²) in [7, 11) is -3.78. The molecule has 38 heavy (non-hydrogen) atoms. The van der Waals surface area contributed by atoms with Crippen LogP contribution in [-0.4, -0.2) is 92.1 Å². The van der Waals surface area contributed by atoms with Crippen LogP contribution in [0.2, 0.25) is 0 Å². The zero-order valence-electron chi connectivity index (χ0n) is 20.8. The van der Waals surface area contributed by atoms with Gasteiger partial charge in [0.25, 0.3) is 0 Å². The topological polar surface area (TPSA) is 176 Å². The van der Waals surface area contributed by atoms with Crippen molar-refractivity contribution in [2.24, 2.45) is 0 Å². The number of amides is 2. The predicted molar refractivity (Wildman–Crippen MR) is 137 cm³/mol. The van der Waals surface area contributed by atoms with Gasteiger partial charge in [-0.05, 0) is 24.1 Å². The maximum atomic E-state index is 12.9. The zero-order valence-corrected chi connectivity index (χ0v) is 21.6. The van der Waals surface area contributed by atoms with Crippen LogP contribution in [0.5, 0.6) is 0 Å². The third-order valence-electron chi connectivity index (χ3n) is 5.61. The van der Waals surface area contributed by atoms with Gasteiger partial charge in [-0.1, -0.05) is 36.4 Å². The third kappa shape index (κ3) is 9.61. The van der Waals surface area contributed by atoms with Crippen molar-refractivity contribution in [3.05, 3.63) is 60.3 Å². The summed E-state index contributed by atoms with van der Waals surface area (Å²) in [4.78, 5) is 42.1. The molecule has 1 saturated heterocycles. The van der Waals surface area contributed by atoms with Gasteiger partial charge in [-0.2, -0.15) is 4.72 Å². The van der Waals surface area contributed by atoms with E-state index in [0.717, 1.165) is 11.8 Å². The van der Waals surface area contributed by atoms with E-state index < -0.39 is 53.3 Å². The van der Waals surface area contributed by atoms with E-state index in [9.17, 15) is 22.8 Å². The van der Waals surface area contributed by atoms with Gasteiger partial charge in [-0.15, -0.1) is 0 Å². The maximum absolute atomic E-state index is 12.9. The largest absolute Gasteiger partial charge is 0.480 e. The van der Waals surface area contributed by atoms with Gasteiger partial charge in [0, 0.05) is 19.3 Å². The number of aliphatic carboxylic acids is 1. The number of carbonyl (C=O) groups excluding carboxylic acids is 2. The van der Waals surface area contributed by atoms with Crippen LogP contribution in [0.3, 0.4) is 0 Å². The zero-order chi connectivity index (χ0) is 27.5. The lowest BCUT2D eigenvalue weighted by molar-refractivity contribution is -0.139. The quantitative estimate of drug-likeness (QED) is 0.274. The second-order valence-corrected chi connectivity index (χ2v) is 10.5. The molecule has 1 fully saturated rings. The van der Waals surface area contributed by atoms with Crippen LogP contribution >= 0.6 is 0 Å². The highest BCUT2D eigenvalue weighted by Gasteiger charge is 2.37. The van der Waals surface area contributed by atoms with E-state index in [-0.39, 0.29) is 19.2 Å². The van der Waals surface area contributed by atoms with E-state index >= 15 is 0 Å². The number of carboxylic acid groups (broad SMARTS) is 1. The molecule has 0 bridgehead atoms. The molecule has 1 aliphatic rings. The molecule has 2 amide bonds. The van der Waals surface area contributed by atoms with Crippen molar-refractivity contribution in [2.75, 3.05) is 37.8 Å². The third-order valence-corrected chi connectivity index (χ3v) is 6.32. The first kappa shape index (κ1) is 28.8. The first-order valence-corrected chi connectivity index (χ1v) is 13.7. The number of carboxylic acids is 1. The average Bonchev–Trinajstić information content (AvgIpc) is 3.31. The predicted octanol–water partition coefficient (Wildman–Crippen LogP) is 0.408. The number of nitrogens with zero attached hydrogens (tertiary/aromatic N) is 2. The normalized spacial score (nSPS) is 18.0. The lowest BCUT2D eigenvalue weighted by Crippen LogP contribution is -2.48. The first-order valence-electron chi connectivity index (χ1n) is 11.8. The molecule has 2 aromatic rings. The summed E-state index contributed by atoms with van der Waals surface area (Å²) in [6.07, 6.45) is 1.89. The molecule has 3 unspecified atom stereocenters. The van der Waals surface area contributed by atoms with Crippen molar-refractivity contribution < 1.29 is 37.4 Å². The molecule has 206 valence electrons. The summed E-state index contributed by atoms with van der Waals surface area (Å²) in [6, 6.07) is 12.9. The molecule has 13 nitrogen and oxygen atoms in total. The highest BCUT2D eigenvalue weighted by Crippen LogP contribution is 2.22. The van der Waals surface area contributed by atoms with Crippen LogP contribution in [-0.2, 0) is 35.7 Å². The fraction of sp³-hybridized carbons (Fsp3) is 0.417. The van der Waals surface area contributed by atoms with Crippen molar-refractivity contribution in [3.8, 4) is 0 Å². The number of benzene rings is 1. The van der Waals surface area contributed by atoms with E-state index in [1.807, 2.05) is 41.1 Å². The minimum atomic E-state index is -3.78. The Balaban J connectivity index is 1.54. The van der Waals surface area contributed by atoms with E-state index in [0.29, 0.717) is 18.8 Å². The summed E-state index contributed by atoms with van der Waals surface area (Å²) in [5.41, 5.74) is 0.845. The number of ether oxygens (including phenoxy) is 2. The van der Waals surface area contributed by atoms with Crippen molar-refractivity contribution in [1.82, 2.24) is 19.9 Å². The summed E-state index contributed by atoms with van der Waals surface area (Å²) in [5.74, 6) is -1.41. The molecular weight excluding hydrogens is 518 g/mol. The van der Waals surface area contributed by atoms with E-state index in [1.165, 1.54) is 4.90 Å². The van der Waals surface area contributed by atoms with Gasteiger partial charge in [0.05, 0.1) is 24.9 Å². The van der Waals surface area contributed by atoms with Crippen LogP contribution in [0, 0.1) is 0 Å². The Kier molecular flexibility index (Phi) is 10.4. The van der Waals surface area contributed by atoms with Gasteiger partial charge < -0.3 is 30.1 Å². The number of rotatable bonds is 13. The number of anilines is 1. The fourth-order valence-electron chi connectivity index (χ4n) is 3.80. The number of hydrogen-bond acceptors (Lipinski definition) is 9. The minimum Gasteiger partial charge on any atom is -0.480 e. The first-order chi connectivity index (χ1) is 18.1. The number of nitrogens with one attached hydrogen (secondary N) is 3. The SMILES string of the molecule is CS(=O)(=O)NC(CNC(=O)COC1CC(CNc2ccccn2)N(C(=O)OCc2ccccc2)C1)C(=O)O. The van der Waals surface area contributed by atoms with Crippen LogP contribution in [0.15, 0.2) is 54.7 Å². The van der Waals surface area contributed by atoms with Crippen LogP contribution in [0.1, 0.15) is 12.0 Å². The van der Waals surface area contributed by atoms with Gasteiger partial charge in [-0.3, -0.25) is 9.59 Å². The monoisotopic (exact) mass is 549 g/mol. The molecule has 4 N–H and O–H groups in total. The molecule has 14 heteroatoms. The molecule has 3 rings (SSSR count). The summed E-state index contributed by atoms with van der Waals surface area (Å²) >= 11 is 0. The highest BCUT2D eigenvalue weighted by molar-refractivity contribution is 7.88. The van der Waals surface area contributed by atoms with E-state index in [4.69, 9.17) is 14.6 Å². The van der Waals surface area contributed by atoms with Gasteiger partial charge >= 0.3 is 12.1 Å². The number of pyridine rings is 1. The highest BCUT2D eigenvalue weighted by atomic mass is 32.2. The Bertz CT molecular complexity index is 1180. The van der Waals surface area contributed by atoms with Crippen LogP contribution in [0.4, 0.5) is 10.6 Å². The number of likely N-dealkylation sites (tertiary alicyclic amines) is 1. The molecule has 0 aliphatic carbocycles. The molecule has 1 aromatic carbocycles. The van der Waals surface area contributed by atoms with Crippen molar-refractivity contribution in [2.45, 2.75) is 31.2 Å². The number of hydrogen-bond donors (Lipinski definition) is 4. The average molecular weight is 550 g/mol. The molecule has 2 heterocycles. The van der Waals surface area contributed by atoms with Gasteiger partial charge in [0.2, 0.25) is 15.9 Å². The van der Waals surface area contributed by atoms with E-state index in [1.54, 1.807) is 18.3 Å². The molecule has 0 saturated carbocycles. The Labute approximate surface area is 220 Å². The van der Waals surface area contributed by atoms with Crippen LogP contribution in [0.25, 0.3) is 0 Å². The Hall–Kier alpha value is -3.75. The Morgan fingerprint density at radius 3 is 2.55 bits per heavy atom. The number of aromatic nitrogens is 1. The molecule has 0 spiro atoms. The van der Waals surface area contributed by atoms with Gasteiger partial charge in [-0.25, -0.2) is 18.2 Å². The van der Waals surface area contributed by atoms with Crippen molar-refractivity contribution in [3.63, 3.8) is 0 Å². The molecule has 1 aromatic heterocycles. The van der Waals surface area contributed by atoms with Crippen molar-refractivity contribution in [1.29, 1.82) is 0 Å². The van der Waals surface area contributed by atoms with Crippen LogP contribution < -0.4 is 15.4 Å². The van der Waals surface area contributed by atoms with Gasteiger partial charge in [0.1, 0.15) is 25.1 Å². The molecule has 1 aliphatic heterocycles. The lowest BCUT2D eigenvalue weighted by atomic mass is 10.2. The summed E-state index contributed by atoms with van der Waals surface area (Å²) in [5, 5.41) is 14.7. The molecule has 0 radical (unpaired) electrons. The fourth-order valence-corrected chi connectivity index (χ4v) is 4.50. The summed E-state index contributed by atoms with van der Waals surface area (Å²) < 4.78 is 35.7. The van der Waals surface area contributed by atoms with E-state index in [2.05, 4.69) is 15.6 Å². The number of sulfonamides is 1. The van der Waals surface area contributed by atoms with Crippen molar-refractivity contribution >= 4 is 33.8 Å². The number of carbonyl (C=O) groups is 3. The summed E-state index contributed by atoms with van der Waals surface area (Å²) in [6.45, 7) is -0.187. The standard InChI is InChI=1S/C24H31N5O8S/c1-38(34,35)28-20(23(31)32)13-27-22(30)16-36-19-11-18(12-26-21-9-5-6-10-25-21)29(14-19)24(33)37-15-17-7-3-2-4-8-17/h2-10,18-20,28H,11-16H2,1H3,(H,25,26)(H,27,30)(H,31,32).